The molecule has 0 bridgehead atoms. The number of hydrogen-bond acceptors (Lipinski definition) is 2. The number of carbonyl (C=O) groups is 1. The van der Waals surface area contributed by atoms with Gasteiger partial charge in [-0.15, -0.1) is 0 Å². The topological polar surface area (TPSA) is 46.5 Å². The molecule has 0 atom stereocenters. The minimum atomic E-state index is -0.817. The van der Waals surface area contributed by atoms with Gasteiger partial charge in [-0.05, 0) is 31.4 Å². The first kappa shape index (κ1) is 13.3. The lowest BCUT2D eigenvalue weighted by atomic mass is 9.77. The van der Waals surface area contributed by atoms with Gasteiger partial charge in [-0.2, -0.15) is 0 Å². The molecule has 2 aromatic carbocycles. The van der Waals surface area contributed by atoms with Crippen molar-refractivity contribution in [2.75, 3.05) is 0 Å². The van der Waals surface area contributed by atoms with Crippen LogP contribution >= 0.6 is 11.6 Å². The third-order valence-electron chi connectivity index (χ3n) is 3.90. The number of aliphatic carboxylic acids is 1. The third kappa shape index (κ3) is 2.34. The molecule has 1 aliphatic rings. The Balaban J connectivity index is 1.98. The molecule has 0 saturated heterocycles. The lowest BCUT2D eigenvalue weighted by Crippen LogP contribution is -2.45. The molecule has 1 aliphatic carbocycles. The van der Waals surface area contributed by atoms with Gasteiger partial charge in [-0.1, -0.05) is 35.9 Å². The van der Waals surface area contributed by atoms with Gasteiger partial charge in [0.2, 0.25) is 0 Å². The van der Waals surface area contributed by atoms with Crippen molar-refractivity contribution in [3.8, 4) is 5.75 Å². The standard InChI is InChI=1S/C16H15ClO3/c17-13-6-7-14(12-5-2-1-4-11(12)13)20-16(8-3-9-16)10-15(18)19/h1-2,4-7H,3,8-10H2,(H,18,19). The van der Waals surface area contributed by atoms with E-state index in [1.54, 1.807) is 6.07 Å². The highest BCUT2D eigenvalue weighted by atomic mass is 35.5. The van der Waals surface area contributed by atoms with Gasteiger partial charge >= 0.3 is 5.97 Å². The molecule has 0 amide bonds. The van der Waals surface area contributed by atoms with Crippen LogP contribution in [0, 0.1) is 0 Å². The van der Waals surface area contributed by atoms with Crippen LogP contribution in [0.25, 0.3) is 10.8 Å². The van der Waals surface area contributed by atoms with E-state index < -0.39 is 11.6 Å². The van der Waals surface area contributed by atoms with Crippen LogP contribution in [0.5, 0.6) is 5.75 Å². The van der Waals surface area contributed by atoms with Crippen molar-refractivity contribution in [1.29, 1.82) is 0 Å². The van der Waals surface area contributed by atoms with E-state index in [0.717, 1.165) is 30.0 Å². The molecular formula is C16H15ClO3. The first-order valence-corrected chi connectivity index (χ1v) is 7.06. The fraction of sp³-hybridized carbons (Fsp3) is 0.312. The second-order valence-corrected chi connectivity index (χ2v) is 5.71. The summed E-state index contributed by atoms with van der Waals surface area (Å²) in [7, 11) is 0. The molecule has 0 aliphatic heterocycles. The zero-order valence-corrected chi connectivity index (χ0v) is 11.7. The summed E-state index contributed by atoms with van der Waals surface area (Å²) in [6.45, 7) is 0. The number of carboxylic acids is 1. The van der Waals surface area contributed by atoms with E-state index in [1.165, 1.54) is 0 Å². The highest BCUT2D eigenvalue weighted by molar-refractivity contribution is 6.35. The molecule has 1 saturated carbocycles. The van der Waals surface area contributed by atoms with Gasteiger partial charge in [0, 0.05) is 15.8 Å². The molecular weight excluding hydrogens is 276 g/mol. The van der Waals surface area contributed by atoms with Gasteiger partial charge < -0.3 is 9.84 Å². The SMILES string of the molecule is O=C(O)CC1(Oc2ccc(Cl)c3ccccc23)CCC1. The van der Waals surface area contributed by atoms with Crippen molar-refractivity contribution in [2.24, 2.45) is 0 Å². The highest BCUT2D eigenvalue weighted by Gasteiger charge is 2.41. The van der Waals surface area contributed by atoms with E-state index in [2.05, 4.69) is 0 Å². The summed E-state index contributed by atoms with van der Waals surface area (Å²) >= 11 is 6.18. The van der Waals surface area contributed by atoms with Crippen LogP contribution < -0.4 is 4.74 Å². The van der Waals surface area contributed by atoms with Gasteiger partial charge in [0.15, 0.2) is 0 Å². The molecule has 4 heteroatoms. The van der Waals surface area contributed by atoms with Crippen molar-refractivity contribution in [3.63, 3.8) is 0 Å². The fourth-order valence-electron chi connectivity index (χ4n) is 2.72. The average Bonchev–Trinajstić information content (AvgIpc) is 2.39. The first-order chi connectivity index (χ1) is 9.60. The largest absolute Gasteiger partial charge is 0.486 e. The fourth-order valence-corrected chi connectivity index (χ4v) is 2.95. The smallest absolute Gasteiger partial charge is 0.307 e. The van der Waals surface area contributed by atoms with Gasteiger partial charge in [0.05, 0.1) is 6.42 Å². The predicted octanol–water partition coefficient (Wildman–Crippen LogP) is 4.27. The maximum Gasteiger partial charge on any atom is 0.307 e. The molecule has 3 rings (SSSR count). The Hall–Kier alpha value is -1.74. The average molecular weight is 291 g/mol. The van der Waals surface area contributed by atoms with Gasteiger partial charge in [0.25, 0.3) is 0 Å². The summed E-state index contributed by atoms with van der Waals surface area (Å²) in [5, 5.41) is 11.6. The lowest BCUT2D eigenvalue weighted by Gasteiger charge is -2.41. The quantitative estimate of drug-likeness (QED) is 0.914. The first-order valence-electron chi connectivity index (χ1n) is 6.68. The minimum Gasteiger partial charge on any atom is -0.486 e. The lowest BCUT2D eigenvalue weighted by molar-refractivity contribution is -0.144. The van der Waals surface area contributed by atoms with Crippen LogP contribution in [0.3, 0.4) is 0 Å². The number of carboxylic acid groups (broad SMARTS) is 1. The van der Waals surface area contributed by atoms with Crippen molar-refractivity contribution >= 4 is 28.3 Å². The maximum absolute atomic E-state index is 11.0. The molecule has 20 heavy (non-hydrogen) atoms. The number of fused-ring (bicyclic) bond motifs is 1. The number of rotatable bonds is 4. The Morgan fingerprint density at radius 3 is 2.50 bits per heavy atom. The van der Waals surface area contributed by atoms with Crippen molar-refractivity contribution < 1.29 is 14.6 Å². The molecule has 0 spiro atoms. The summed E-state index contributed by atoms with van der Waals surface area (Å²) in [6, 6.07) is 11.4. The monoisotopic (exact) mass is 290 g/mol. The van der Waals surface area contributed by atoms with Gasteiger partial charge in [-0.3, -0.25) is 4.79 Å². The van der Waals surface area contributed by atoms with E-state index in [9.17, 15) is 4.79 Å². The summed E-state index contributed by atoms with van der Waals surface area (Å²) in [4.78, 5) is 11.0. The number of halogens is 1. The minimum absolute atomic E-state index is 0.0456. The van der Waals surface area contributed by atoms with Crippen molar-refractivity contribution in [2.45, 2.75) is 31.3 Å². The highest BCUT2D eigenvalue weighted by Crippen LogP contribution is 2.42. The number of ether oxygens (including phenoxy) is 1. The molecule has 0 radical (unpaired) electrons. The zero-order chi connectivity index (χ0) is 14.2. The van der Waals surface area contributed by atoms with Crippen LogP contribution in [-0.4, -0.2) is 16.7 Å². The van der Waals surface area contributed by atoms with Crippen LogP contribution in [-0.2, 0) is 4.79 Å². The Bertz CT molecular complexity index is 662. The second kappa shape index (κ2) is 4.98. The molecule has 0 heterocycles. The Morgan fingerprint density at radius 1 is 1.20 bits per heavy atom. The molecule has 0 unspecified atom stereocenters. The van der Waals surface area contributed by atoms with E-state index in [-0.39, 0.29) is 6.42 Å². The predicted molar refractivity (Wildman–Crippen MR) is 78.4 cm³/mol. The Morgan fingerprint density at radius 2 is 1.90 bits per heavy atom. The van der Waals surface area contributed by atoms with Crippen LogP contribution in [0.1, 0.15) is 25.7 Å². The van der Waals surface area contributed by atoms with E-state index in [4.69, 9.17) is 21.4 Å². The van der Waals surface area contributed by atoms with Crippen LogP contribution in [0.4, 0.5) is 0 Å². The van der Waals surface area contributed by atoms with E-state index in [0.29, 0.717) is 10.8 Å². The molecule has 3 nitrogen and oxygen atoms in total. The molecule has 1 N–H and O–H groups in total. The molecule has 2 aromatic rings. The number of benzene rings is 2. The number of hydrogen-bond donors (Lipinski definition) is 1. The third-order valence-corrected chi connectivity index (χ3v) is 4.23. The Labute approximate surface area is 122 Å². The normalized spacial score (nSPS) is 16.6. The van der Waals surface area contributed by atoms with Crippen molar-refractivity contribution in [3.05, 3.63) is 41.4 Å². The Kier molecular flexibility index (Phi) is 3.30. The van der Waals surface area contributed by atoms with E-state index >= 15 is 0 Å². The maximum atomic E-state index is 11.0. The second-order valence-electron chi connectivity index (χ2n) is 5.30. The van der Waals surface area contributed by atoms with Crippen molar-refractivity contribution in [1.82, 2.24) is 0 Å². The molecule has 1 fully saturated rings. The summed E-state index contributed by atoms with van der Waals surface area (Å²) in [5.74, 6) is -0.103. The zero-order valence-electron chi connectivity index (χ0n) is 10.9. The molecule has 0 aromatic heterocycles. The van der Waals surface area contributed by atoms with Gasteiger partial charge in [-0.25, -0.2) is 0 Å². The van der Waals surface area contributed by atoms with Crippen LogP contribution in [0.15, 0.2) is 36.4 Å². The summed E-state index contributed by atoms with van der Waals surface area (Å²) in [5.41, 5.74) is -0.553. The summed E-state index contributed by atoms with van der Waals surface area (Å²) < 4.78 is 6.08. The molecule has 104 valence electrons. The summed E-state index contributed by atoms with van der Waals surface area (Å²) in [6.07, 6.45) is 2.63. The van der Waals surface area contributed by atoms with E-state index in [1.807, 2.05) is 30.3 Å². The van der Waals surface area contributed by atoms with Gasteiger partial charge in [0.1, 0.15) is 11.4 Å². The van der Waals surface area contributed by atoms with Crippen LogP contribution in [0.2, 0.25) is 5.02 Å².